The quantitative estimate of drug-likeness (QED) is 0.379. The van der Waals surface area contributed by atoms with Gasteiger partial charge in [-0.1, -0.05) is 85.7 Å². The molecule has 0 spiro atoms. The average Bonchev–Trinajstić information content (AvgIpc) is 3.40. The molecule has 1 saturated carbocycles. The predicted molar refractivity (Wildman–Crippen MR) is 145 cm³/mol. The Kier molecular flexibility index (Phi) is 9.71. The van der Waals surface area contributed by atoms with Crippen LogP contribution in [0.4, 0.5) is 0 Å². The van der Waals surface area contributed by atoms with E-state index in [0.717, 1.165) is 36.8 Å². The highest BCUT2D eigenvalue weighted by Gasteiger charge is 2.36. The van der Waals surface area contributed by atoms with Crippen LogP contribution in [0.15, 0.2) is 72.8 Å². The number of rotatable bonds is 7. The van der Waals surface area contributed by atoms with E-state index >= 15 is 0 Å². The third kappa shape index (κ3) is 7.54. The van der Waals surface area contributed by atoms with Gasteiger partial charge in [0, 0.05) is 6.42 Å². The highest BCUT2D eigenvalue weighted by Crippen LogP contribution is 2.29. The molecule has 7 heteroatoms. The number of aliphatic hydroxyl groups is 1. The first-order valence-corrected chi connectivity index (χ1v) is 13.6. The first-order chi connectivity index (χ1) is 18.5. The third-order valence-electron chi connectivity index (χ3n) is 7.65. The van der Waals surface area contributed by atoms with Crippen LogP contribution >= 0.6 is 0 Å². The molecule has 4 rings (SSSR count). The summed E-state index contributed by atoms with van der Waals surface area (Å²) in [5.41, 5.74) is 1.30. The maximum Gasteiger partial charge on any atom is 0.309 e. The van der Waals surface area contributed by atoms with E-state index in [1.54, 1.807) is 0 Å². The molecule has 2 aromatic carbocycles. The minimum atomic E-state index is -0.586. The summed E-state index contributed by atoms with van der Waals surface area (Å²) in [6, 6.07) is 18.7. The number of cyclic esters (lactones) is 1. The average molecular weight is 519 g/mol. The van der Waals surface area contributed by atoms with Gasteiger partial charge in [-0.3, -0.25) is 14.4 Å². The molecule has 0 radical (unpaired) electrons. The van der Waals surface area contributed by atoms with Crippen molar-refractivity contribution in [2.24, 2.45) is 11.8 Å². The SMILES string of the molecule is O=C(C[C@H]1CC=CC[C@H](Cc2ccccc2)C(=O)OC[C@@H](c2ccccc2)NC1=O)NC1(CO)CCCC1. The highest BCUT2D eigenvalue weighted by molar-refractivity contribution is 5.86. The number of allylic oxidation sites excluding steroid dienone is 2. The van der Waals surface area contributed by atoms with Crippen molar-refractivity contribution in [1.82, 2.24) is 10.6 Å². The number of aliphatic hydroxyl groups excluding tert-OH is 1. The van der Waals surface area contributed by atoms with Crippen molar-refractivity contribution in [3.63, 3.8) is 0 Å². The van der Waals surface area contributed by atoms with Gasteiger partial charge in [-0.2, -0.15) is 0 Å². The van der Waals surface area contributed by atoms with E-state index in [-0.39, 0.29) is 43.3 Å². The van der Waals surface area contributed by atoms with Crippen molar-refractivity contribution in [1.29, 1.82) is 0 Å². The van der Waals surface area contributed by atoms with Crippen LogP contribution in [0.25, 0.3) is 0 Å². The lowest BCUT2D eigenvalue weighted by Crippen LogP contribution is -2.50. The number of benzene rings is 2. The summed E-state index contributed by atoms with van der Waals surface area (Å²) in [7, 11) is 0. The van der Waals surface area contributed by atoms with Gasteiger partial charge >= 0.3 is 5.97 Å². The van der Waals surface area contributed by atoms with E-state index < -0.39 is 17.5 Å². The molecule has 2 aromatic rings. The molecule has 38 heavy (non-hydrogen) atoms. The number of carbonyl (C=O) groups is 3. The molecule has 0 saturated heterocycles. The Hall–Kier alpha value is -3.45. The van der Waals surface area contributed by atoms with Crippen LogP contribution in [0, 0.1) is 11.8 Å². The van der Waals surface area contributed by atoms with Crippen molar-refractivity contribution < 1.29 is 24.2 Å². The van der Waals surface area contributed by atoms with E-state index in [4.69, 9.17) is 4.74 Å². The normalized spacial score (nSPS) is 24.0. The van der Waals surface area contributed by atoms with Crippen LogP contribution in [-0.4, -0.2) is 41.6 Å². The molecule has 3 N–H and O–H groups in total. The summed E-state index contributed by atoms with van der Waals surface area (Å²) in [5.74, 6) is -1.73. The summed E-state index contributed by atoms with van der Waals surface area (Å²) in [6.45, 7) is -0.0874. The molecular weight excluding hydrogens is 480 g/mol. The molecule has 2 aliphatic rings. The molecule has 2 amide bonds. The Morgan fingerprint density at radius 1 is 0.947 bits per heavy atom. The molecule has 0 aromatic heterocycles. The van der Waals surface area contributed by atoms with Crippen LogP contribution in [-0.2, 0) is 25.5 Å². The van der Waals surface area contributed by atoms with Crippen molar-refractivity contribution in [3.05, 3.63) is 83.9 Å². The summed E-state index contributed by atoms with van der Waals surface area (Å²) in [5, 5.41) is 15.9. The van der Waals surface area contributed by atoms with E-state index in [2.05, 4.69) is 10.6 Å². The standard InChI is InChI=1S/C31H38N2O5/c34-22-31(17-9-10-18-31)33-28(35)20-25-15-7-8-16-26(19-23-11-3-1-4-12-23)30(37)38-21-27(32-29(25)36)24-13-5-2-6-14-24/h1-8,11-14,25-27,34H,9-10,15-22H2,(H,32,36)(H,33,35)/t25-,26-,27+/m1/s1. The Labute approximate surface area is 224 Å². The fourth-order valence-electron chi connectivity index (χ4n) is 5.39. The topological polar surface area (TPSA) is 105 Å². The van der Waals surface area contributed by atoms with Gasteiger partial charge in [0.15, 0.2) is 0 Å². The smallest absolute Gasteiger partial charge is 0.309 e. The van der Waals surface area contributed by atoms with Gasteiger partial charge in [0.2, 0.25) is 11.8 Å². The van der Waals surface area contributed by atoms with E-state index in [0.29, 0.717) is 19.3 Å². The fraction of sp³-hybridized carbons (Fsp3) is 0.452. The molecule has 1 aliphatic carbocycles. The zero-order valence-corrected chi connectivity index (χ0v) is 21.8. The number of carbonyl (C=O) groups excluding carboxylic acids is 3. The van der Waals surface area contributed by atoms with Gasteiger partial charge < -0.3 is 20.5 Å². The van der Waals surface area contributed by atoms with Crippen molar-refractivity contribution in [3.8, 4) is 0 Å². The minimum Gasteiger partial charge on any atom is -0.463 e. The van der Waals surface area contributed by atoms with Crippen LogP contribution in [0.1, 0.15) is 62.1 Å². The first-order valence-electron chi connectivity index (χ1n) is 13.6. The summed E-state index contributed by atoms with van der Waals surface area (Å²) in [4.78, 5) is 39.5. The predicted octanol–water partition coefficient (Wildman–Crippen LogP) is 4.02. The van der Waals surface area contributed by atoms with Crippen molar-refractivity contribution in [2.75, 3.05) is 13.2 Å². The number of hydrogen-bond donors (Lipinski definition) is 3. The number of ether oxygens (including phenoxy) is 1. The molecule has 1 heterocycles. The van der Waals surface area contributed by atoms with Gasteiger partial charge in [-0.05, 0) is 43.2 Å². The maximum absolute atomic E-state index is 13.4. The third-order valence-corrected chi connectivity index (χ3v) is 7.65. The van der Waals surface area contributed by atoms with Crippen LogP contribution < -0.4 is 10.6 Å². The van der Waals surface area contributed by atoms with Gasteiger partial charge in [-0.25, -0.2) is 0 Å². The van der Waals surface area contributed by atoms with Gasteiger partial charge in [0.05, 0.1) is 30.0 Å². The molecule has 1 aliphatic heterocycles. The number of esters is 1. The zero-order chi connectivity index (χ0) is 26.8. The summed E-state index contributed by atoms with van der Waals surface area (Å²) in [6.07, 6.45) is 8.66. The monoisotopic (exact) mass is 518 g/mol. The second-order valence-electron chi connectivity index (χ2n) is 10.5. The van der Waals surface area contributed by atoms with Crippen molar-refractivity contribution in [2.45, 2.75) is 62.9 Å². The van der Waals surface area contributed by atoms with Gasteiger partial charge in [-0.15, -0.1) is 0 Å². The second kappa shape index (κ2) is 13.4. The number of amides is 2. The lowest BCUT2D eigenvalue weighted by Gasteiger charge is -2.29. The molecule has 3 atom stereocenters. The molecule has 0 bridgehead atoms. The molecule has 1 fully saturated rings. The lowest BCUT2D eigenvalue weighted by atomic mass is 9.93. The summed E-state index contributed by atoms with van der Waals surface area (Å²) < 4.78 is 5.75. The Balaban J connectivity index is 1.53. The molecular formula is C31H38N2O5. The van der Waals surface area contributed by atoms with Crippen LogP contribution in [0.3, 0.4) is 0 Å². The maximum atomic E-state index is 13.4. The fourth-order valence-corrected chi connectivity index (χ4v) is 5.39. The largest absolute Gasteiger partial charge is 0.463 e. The van der Waals surface area contributed by atoms with Gasteiger partial charge in [0.1, 0.15) is 6.61 Å². The van der Waals surface area contributed by atoms with Gasteiger partial charge in [0.25, 0.3) is 0 Å². The van der Waals surface area contributed by atoms with E-state index in [9.17, 15) is 19.5 Å². The first kappa shape index (κ1) is 27.6. The lowest BCUT2D eigenvalue weighted by molar-refractivity contribution is -0.150. The number of nitrogens with one attached hydrogen (secondary N) is 2. The summed E-state index contributed by atoms with van der Waals surface area (Å²) >= 11 is 0. The Morgan fingerprint density at radius 2 is 1.58 bits per heavy atom. The highest BCUT2D eigenvalue weighted by atomic mass is 16.5. The van der Waals surface area contributed by atoms with Crippen LogP contribution in [0.5, 0.6) is 0 Å². The molecule has 7 nitrogen and oxygen atoms in total. The molecule has 0 unspecified atom stereocenters. The van der Waals surface area contributed by atoms with E-state index in [1.807, 2.05) is 72.8 Å². The minimum absolute atomic E-state index is 0.0101. The van der Waals surface area contributed by atoms with E-state index in [1.165, 1.54) is 0 Å². The van der Waals surface area contributed by atoms with Crippen LogP contribution in [0.2, 0.25) is 0 Å². The second-order valence-corrected chi connectivity index (χ2v) is 10.5. The molecule has 202 valence electrons. The number of hydrogen-bond acceptors (Lipinski definition) is 5. The zero-order valence-electron chi connectivity index (χ0n) is 21.8. The van der Waals surface area contributed by atoms with Crippen molar-refractivity contribution >= 4 is 17.8 Å². The Bertz CT molecular complexity index is 1100. The Morgan fingerprint density at radius 3 is 2.24 bits per heavy atom.